The highest BCUT2D eigenvalue weighted by Crippen LogP contribution is 2.48. The maximum atomic E-state index is 10.9. The molecule has 0 spiro atoms. The molecule has 1 aromatic rings. The van der Waals surface area contributed by atoms with Gasteiger partial charge in [0.25, 0.3) is 0 Å². The third-order valence-corrected chi connectivity index (χ3v) is 3.67. The van der Waals surface area contributed by atoms with Crippen LogP contribution in [0.3, 0.4) is 0 Å². The Morgan fingerprint density at radius 1 is 1.58 bits per heavy atom. The lowest BCUT2D eigenvalue weighted by molar-refractivity contribution is -0.384. The lowest BCUT2D eigenvalue weighted by Gasteiger charge is -2.15. The van der Waals surface area contributed by atoms with E-state index in [1.807, 2.05) is 0 Å². The predicted octanol–water partition coefficient (Wildman–Crippen LogP) is 2.87. The van der Waals surface area contributed by atoms with E-state index in [2.05, 4.69) is 10.3 Å². The largest absolute Gasteiger partial charge is 0.385 e. The van der Waals surface area contributed by atoms with Gasteiger partial charge in [0.05, 0.1) is 4.92 Å². The maximum absolute atomic E-state index is 10.9. The van der Waals surface area contributed by atoms with Crippen LogP contribution in [0, 0.1) is 15.5 Å². The molecule has 19 heavy (non-hydrogen) atoms. The third kappa shape index (κ3) is 3.54. The van der Waals surface area contributed by atoms with E-state index in [4.69, 9.17) is 16.3 Å². The van der Waals surface area contributed by atoms with Gasteiger partial charge in [-0.15, -0.1) is 0 Å². The minimum Gasteiger partial charge on any atom is -0.385 e. The lowest BCUT2D eigenvalue weighted by Crippen LogP contribution is -2.18. The number of anilines is 1. The first kappa shape index (κ1) is 14.0. The third-order valence-electron chi connectivity index (χ3n) is 3.46. The molecule has 0 unspecified atom stereocenters. The van der Waals surface area contributed by atoms with Crippen molar-refractivity contribution in [2.24, 2.45) is 5.41 Å². The molecule has 0 radical (unpaired) electrons. The molecule has 1 saturated carbocycles. The molecule has 0 bridgehead atoms. The molecule has 1 aliphatic carbocycles. The minimum atomic E-state index is -0.458. The molecule has 0 amide bonds. The van der Waals surface area contributed by atoms with Gasteiger partial charge in [0, 0.05) is 26.3 Å². The molecule has 6 nitrogen and oxygen atoms in total. The summed E-state index contributed by atoms with van der Waals surface area (Å²) in [6, 6.07) is 2.79. The number of halogens is 1. The summed E-state index contributed by atoms with van der Waals surface area (Å²) >= 11 is 5.78. The molecular formula is C12H16ClN3O3. The zero-order valence-corrected chi connectivity index (χ0v) is 11.4. The van der Waals surface area contributed by atoms with Crippen LogP contribution in [0.2, 0.25) is 5.15 Å². The molecule has 7 heteroatoms. The minimum absolute atomic E-state index is 0.0491. The quantitative estimate of drug-likeness (QED) is 0.473. The van der Waals surface area contributed by atoms with Gasteiger partial charge in [0.2, 0.25) is 5.82 Å². The Morgan fingerprint density at radius 2 is 2.32 bits per heavy atom. The Kier molecular flexibility index (Phi) is 4.21. The number of hydrogen-bond donors (Lipinski definition) is 1. The number of nitrogens with zero attached hydrogens (tertiary/aromatic N) is 2. The zero-order chi connectivity index (χ0) is 13.9. The molecule has 1 fully saturated rings. The zero-order valence-electron chi connectivity index (χ0n) is 10.7. The van der Waals surface area contributed by atoms with Crippen LogP contribution in [-0.4, -0.2) is 30.2 Å². The fraction of sp³-hybridized carbons (Fsp3) is 0.583. The Morgan fingerprint density at radius 3 is 2.89 bits per heavy atom. The summed E-state index contributed by atoms with van der Waals surface area (Å²) in [6.45, 7) is 1.36. The second-order valence-electron chi connectivity index (χ2n) is 4.86. The van der Waals surface area contributed by atoms with E-state index in [0.717, 1.165) is 19.3 Å². The Bertz CT molecular complexity index is 477. The highest BCUT2D eigenvalue weighted by molar-refractivity contribution is 6.29. The first-order valence-electron chi connectivity index (χ1n) is 6.10. The summed E-state index contributed by atoms with van der Waals surface area (Å²) in [4.78, 5) is 14.4. The first-order chi connectivity index (χ1) is 9.06. The van der Waals surface area contributed by atoms with E-state index >= 15 is 0 Å². The second-order valence-corrected chi connectivity index (χ2v) is 5.24. The van der Waals surface area contributed by atoms with Crippen LogP contribution in [-0.2, 0) is 4.74 Å². The average molecular weight is 286 g/mol. The number of pyridine rings is 1. The van der Waals surface area contributed by atoms with Crippen molar-refractivity contribution in [3.05, 3.63) is 27.4 Å². The van der Waals surface area contributed by atoms with Gasteiger partial charge in [0.1, 0.15) is 5.15 Å². The average Bonchev–Trinajstić information content (AvgIpc) is 3.14. The SMILES string of the molecule is COCCC1(CNc2nc(Cl)ccc2[N+](=O)[O-])CC1. The van der Waals surface area contributed by atoms with Gasteiger partial charge in [-0.2, -0.15) is 0 Å². The smallest absolute Gasteiger partial charge is 0.311 e. The van der Waals surface area contributed by atoms with E-state index in [9.17, 15) is 10.1 Å². The summed E-state index contributed by atoms with van der Waals surface area (Å²) in [5, 5.41) is 14.2. The summed E-state index contributed by atoms with van der Waals surface area (Å²) in [5.41, 5.74) is 0.139. The van der Waals surface area contributed by atoms with Gasteiger partial charge in [-0.25, -0.2) is 4.98 Å². The van der Waals surface area contributed by atoms with Crippen molar-refractivity contribution >= 4 is 23.1 Å². The number of methoxy groups -OCH3 is 1. The number of ether oxygens (including phenoxy) is 1. The molecule has 0 aliphatic heterocycles. The molecule has 0 aromatic carbocycles. The molecule has 1 heterocycles. The highest BCUT2D eigenvalue weighted by Gasteiger charge is 2.42. The van der Waals surface area contributed by atoms with Crippen LogP contribution in [0.4, 0.5) is 11.5 Å². The molecule has 104 valence electrons. The highest BCUT2D eigenvalue weighted by atomic mass is 35.5. The van der Waals surface area contributed by atoms with Crippen LogP contribution in [0.15, 0.2) is 12.1 Å². The Balaban J connectivity index is 2.03. The molecule has 1 aliphatic rings. The van der Waals surface area contributed by atoms with Crippen molar-refractivity contribution < 1.29 is 9.66 Å². The fourth-order valence-corrected chi connectivity index (χ4v) is 2.13. The van der Waals surface area contributed by atoms with E-state index in [-0.39, 0.29) is 22.1 Å². The van der Waals surface area contributed by atoms with Gasteiger partial charge in [-0.3, -0.25) is 10.1 Å². The fourth-order valence-electron chi connectivity index (χ4n) is 1.99. The van der Waals surface area contributed by atoms with E-state index < -0.39 is 4.92 Å². The molecule has 2 rings (SSSR count). The van der Waals surface area contributed by atoms with Gasteiger partial charge in [0.15, 0.2) is 0 Å². The number of hydrogen-bond acceptors (Lipinski definition) is 5. The van der Waals surface area contributed by atoms with Gasteiger partial charge in [-0.05, 0) is 30.7 Å². The van der Waals surface area contributed by atoms with Crippen molar-refractivity contribution in [3.63, 3.8) is 0 Å². The summed E-state index contributed by atoms with van der Waals surface area (Å²) in [6.07, 6.45) is 3.17. The lowest BCUT2D eigenvalue weighted by atomic mass is 10.0. The van der Waals surface area contributed by atoms with Gasteiger partial charge in [-0.1, -0.05) is 11.6 Å². The summed E-state index contributed by atoms with van der Waals surface area (Å²) in [7, 11) is 1.67. The molecule has 1 N–H and O–H groups in total. The maximum Gasteiger partial charge on any atom is 0.311 e. The first-order valence-corrected chi connectivity index (χ1v) is 6.48. The summed E-state index contributed by atoms with van der Waals surface area (Å²) < 4.78 is 5.08. The number of nitrogens with one attached hydrogen (secondary N) is 1. The Hall–Kier alpha value is -1.40. The Labute approximate surface area is 116 Å². The van der Waals surface area contributed by atoms with Crippen LogP contribution >= 0.6 is 11.6 Å². The summed E-state index contributed by atoms with van der Waals surface area (Å²) in [5.74, 6) is 0.237. The van der Waals surface area contributed by atoms with Gasteiger partial charge < -0.3 is 10.1 Å². The standard InChI is InChI=1S/C12H16ClN3O3/c1-19-7-6-12(4-5-12)8-14-11-9(16(17)18)2-3-10(13)15-11/h2-3H,4-8H2,1H3,(H,14,15). The van der Waals surface area contributed by atoms with Gasteiger partial charge >= 0.3 is 5.69 Å². The van der Waals surface area contributed by atoms with Crippen molar-refractivity contribution in [2.45, 2.75) is 19.3 Å². The van der Waals surface area contributed by atoms with Crippen LogP contribution in [0.25, 0.3) is 0 Å². The van der Waals surface area contributed by atoms with Crippen molar-refractivity contribution in [2.75, 3.05) is 25.6 Å². The normalized spacial score (nSPS) is 16.1. The van der Waals surface area contributed by atoms with E-state index in [1.54, 1.807) is 7.11 Å². The van der Waals surface area contributed by atoms with E-state index in [0.29, 0.717) is 13.2 Å². The topological polar surface area (TPSA) is 77.3 Å². The number of aromatic nitrogens is 1. The predicted molar refractivity (Wildman–Crippen MR) is 72.6 cm³/mol. The van der Waals surface area contributed by atoms with Crippen molar-refractivity contribution in [3.8, 4) is 0 Å². The second kappa shape index (κ2) is 5.71. The molecule has 0 saturated heterocycles. The number of nitro groups is 1. The van der Waals surface area contributed by atoms with E-state index in [1.165, 1.54) is 12.1 Å². The number of rotatable bonds is 7. The monoisotopic (exact) mass is 285 g/mol. The van der Waals surface area contributed by atoms with Crippen molar-refractivity contribution in [1.82, 2.24) is 4.98 Å². The van der Waals surface area contributed by atoms with Crippen LogP contribution in [0.1, 0.15) is 19.3 Å². The van der Waals surface area contributed by atoms with Crippen LogP contribution in [0.5, 0.6) is 0 Å². The molecular weight excluding hydrogens is 270 g/mol. The molecule has 1 aromatic heterocycles. The van der Waals surface area contributed by atoms with Crippen LogP contribution < -0.4 is 5.32 Å². The molecule has 0 atom stereocenters. The van der Waals surface area contributed by atoms with Crippen molar-refractivity contribution in [1.29, 1.82) is 0 Å².